The molecular formula is C11H6Cl2IN3S. The average molecular weight is 410 g/mol. The number of thiazole rings is 1. The van der Waals surface area contributed by atoms with Crippen LogP contribution < -0.4 is 5.32 Å². The van der Waals surface area contributed by atoms with Crippen LogP contribution in [-0.4, -0.2) is 4.98 Å². The van der Waals surface area contributed by atoms with Gasteiger partial charge in [0.1, 0.15) is 6.07 Å². The molecule has 3 nitrogen and oxygen atoms in total. The second kappa shape index (κ2) is 6.06. The van der Waals surface area contributed by atoms with E-state index in [1.807, 2.05) is 0 Å². The van der Waals surface area contributed by atoms with Gasteiger partial charge in [-0.25, -0.2) is 4.98 Å². The minimum absolute atomic E-state index is 0.447. The van der Waals surface area contributed by atoms with Crippen LogP contribution in [0.25, 0.3) is 0 Å². The normalized spacial score (nSPS) is 10.1. The maximum absolute atomic E-state index is 8.86. The Morgan fingerprint density at radius 3 is 2.83 bits per heavy atom. The van der Waals surface area contributed by atoms with Gasteiger partial charge in [-0.05, 0) is 34.7 Å². The number of benzene rings is 1. The Bertz CT molecular complexity index is 621. The van der Waals surface area contributed by atoms with E-state index in [4.69, 9.17) is 28.5 Å². The number of hydrogen-bond acceptors (Lipinski definition) is 4. The first kappa shape index (κ1) is 13.9. The summed E-state index contributed by atoms with van der Waals surface area (Å²) in [6.45, 7) is 0.628. The lowest BCUT2D eigenvalue weighted by atomic mass is 10.2. The lowest BCUT2D eigenvalue weighted by Crippen LogP contribution is -2.00. The Balaban J connectivity index is 2.15. The molecule has 1 aromatic heterocycles. The summed E-state index contributed by atoms with van der Waals surface area (Å²) in [5.41, 5.74) is 1.37. The number of nitrogens with zero attached hydrogens (tertiary/aromatic N) is 2. The summed E-state index contributed by atoms with van der Waals surface area (Å²) in [5.74, 6) is 0. The molecule has 0 aliphatic rings. The van der Waals surface area contributed by atoms with Gasteiger partial charge in [-0.15, -0.1) is 11.3 Å². The summed E-state index contributed by atoms with van der Waals surface area (Å²) in [7, 11) is 0. The quantitative estimate of drug-likeness (QED) is 0.757. The van der Waals surface area contributed by atoms with Crippen molar-refractivity contribution >= 4 is 62.8 Å². The van der Waals surface area contributed by atoms with E-state index in [-0.39, 0.29) is 0 Å². The van der Waals surface area contributed by atoms with Crippen molar-refractivity contribution in [2.45, 2.75) is 6.54 Å². The Morgan fingerprint density at radius 2 is 2.22 bits per heavy atom. The van der Waals surface area contributed by atoms with Crippen LogP contribution in [0.4, 0.5) is 5.69 Å². The molecule has 7 heteroatoms. The van der Waals surface area contributed by atoms with Crippen LogP contribution >= 0.6 is 57.1 Å². The zero-order valence-electron chi connectivity index (χ0n) is 8.88. The lowest BCUT2D eigenvalue weighted by Gasteiger charge is -2.08. The minimum atomic E-state index is 0.447. The van der Waals surface area contributed by atoms with Gasteiger partial charge in [0, 0.05) is 20.3 Å². The van der Waals surface area contributed by atoms with Gasteiger partial charge in [0.25, 0.3) is 0 Å². The second-order valence-corrected chi connectivity index (χ2v) is 6.62. The SMILES string of the molecule is N#Cc1cc(I)c(NCc2cnc(Cl)s2)cc1Cl. The molecule has 92 valence electrons. The number of hydrogen-bond donors (Lipinski definition) is 1. The van der Waals surface area contributed by atoms with E-state index >= 15 is 0 Å². The summed E-state index contributed by atoms with van der Waals surface area (Å²) in [6.07, 6.45) is 1.73. The molecule has 0 aliphatic heterocycles. The van der Waals surface area contributed by atoms with Crippen LogP contribution in [0.1, 0.15) is 10.4 Å². The highest BCUT2D eigenvalue weighted by Crippen LogP contribution is 2.27. The van der Waals surface area contributed by atoms with Crippen molar-refractivity contribution in [3.63, 3.8) is 0 Å². The first-order valence-electron chi connectivity index (χ1n) is 4.83. The van der Waals surface area contributed by atoms with Crippen molar-refractivity contribution in [3.8, 4) is 6.07 Å². The number of rotatable bonds is 3. The predicted octanol–water partition coefficient (Wildman–Crippen LogP) is 4.54. The van der Waals surface area contributed by atoms with Crippen LogP contribution in [0.2, 0.25) is 9.49 Å². The first-order chi connectivity index (χ1) is 8.60. The molecule has 0 unspecified atom stereocenters. The molecule has 1 N–H and O–H groups in total. The molecule has 0 saturated heterocycles. The van der Waals surface area contributed by atoms with Gasteiger partial charge in [0.05, 0.1) is 17.1 Å². The topological polar surface area (TPSA) is 48.7 Å². The molecule has 0 aliphatic carbocycles. The van der Waals surface area contributed by atoms with E-state index in [0.29, 0.717) is 21.6 Å². The highest BCUT2D eigenvalue weighted by atomic mass is 127. The van der Waals surface area contributed by atoms with Gasteiger partial charge in [-0.3, -0.25) is 0 Å². The third-order valence-corrected chi connectivity index (χ3v) is 4.48. The van der Waals surface area contributed by atoms with Crippen molar-refractivity contribution in [1.29, 1.82) is 5.26 Å². The first-order valence-corrected chi connectivity index (χ1v) is 7.48. The smallest absolute Gasteiger partial charge is 0.183 e. The maximum Gasteiger partial charge on any atom is 0.183 e. The standard InChI is InChI=1S/C11H6Cl2IN3S/c12-8-2-10(9(14)1-6(8)3-15)16-4-7-5-17-11(13)18-7/h1-2,5,16H,4H2. The minimum Gasteiger partial charge on any atom is -0.379 e. The molecule has 0 spiro atoms. The summed E-state index contributed by atoms with van der Waals surface area (Å²) in [5, 5.41) is 12.6. The van der Waals surface area contributed by atoms with E-state index in [0.717, 1.165) is 14.1 Å². The molecule has 1 heterocycles. The molecule has 0 bridgehead atoms. The number of aromatic nitrogens is 1. The predicted molar refractivity (Wildman–Crippen MR) is 83.3 cm³/mol. The highest BCUT2D eigenvalue weighted by molar-refractivity contribution is 14.1. The van der Waals surface area contributed by atoms with E-state index in [1.165, 1.54) is 11.3 Å². The van der Waals surface area contributed by atoms with Crippen molar-refractivity contribution in [2.75, 3.05) is 5.32 Å². The molecule has 2 aromatic rings. The summed E-state index contributed by atoms with van der Waals surface area (Å²) in [4.78, 5) is 5.01. The van der Waals surface area contributed by atoms with E-state index in [9.17, 15) is 0 Å². The molecule has 0 saturated carbocycles. The van der Waals surface area contributed by atoms with Gasteiger partial charge >= 0.3 is 0 Å². The van der Waals surface area contributed by atoms with Crippen molar-refractivity contribution in [2.24, 2.45) is 0 Å². The number of nitriles is 1. The van der Waals surface area contributed by atoms with E-state index < -0.39 is 0 Å². The van der Waals surface area contributed by atoms with Gasteiger partial charge in [0.15, 0.2) is 4.47 Å². The molecular weight excluding hydrogens is 404 g/mol. The monoisotopic (exact) mass is 409 g/mol. The summed E-state index contributed by atoms with van der Waals surface area (Å²) in [6, 6.07) is 5.56. The third kappa shape index (κ3) is 3.26. The second-order valence-electron chi connectivity index (χ2n) is 3.36. The Labute approximate surface area is 132 Å². The molecule has 18 heavy (non-hydrogen) atoms. The lowest BCUT2D eigenvalue weighted by molar-refractivity contribution is 1.17. The van der Waals surface area contributed by atoms with Crippen LogP contribution in [0.5, 0.6) is 0 Å². The van der Waals surface area contributed by atoms with Crippen LogP contribution in [0.3, 0.4) is 0 Å². The zero-order valence-corrected chi connectivity index (χ0v) is 13.4. The fraction of sp³-hybridized carbons (Fsp3) is 0.0909. The van der Waals surface area contributed by atoms with E-state index in [1.54, 1.807) is 18.3 Å². The highest BCUT2D eigenvalue weighted by Gasteiger charge is 2.07. The number of nitrogens with one attached hydrogen (secondary N) is 1. The van der Waals surface area contributed by atoms with Crippen molar-refractivity contribution < 1.29 is 0 Å². The fourth-order valence-electron chi connectivity index (χ4n) is 1.32. The number of anilines is 1. The van der Waals surface area contributed by atoms with Gasteiger partial charge in [-0.1, -0.05) is 23.2 Å². The van der Waals surface area contributed by atoms with Gasteiger partial charge in [-0.2, -0.15) is 5.26 Å². The Kier molecular flexibility index (Phi) is 4.67. The zero-order chi connectivity index (χ0) is 13.1. The summed E-state index contributed by atoms with van der Waals surface area (Å²) >= 11 is 15.3. The molecule has 0 amide bonds. The number of halogens is 3. The Morgan fingerprint density at radius 1 is 1.44 bits per heavy atom. The maximum atomic E-state index is 8.86. The van der Waals surface area contributed by atoms with Crippen LogP contribution in [0.15, 0.2) is 18.3 Å². The van der Waals surface area contributed by atoms with Gasteiger partial charge < -0.3 is 5.32 Å². The van der Waals surface area contributed by atoms with Crippen molar-refractivity contribution in [3.05, 3.63) is 41.8 Å². The molecule has 0 fully saturated rings. The van der Waals surface area contributed by atoms with Crippen molar-refractivity contribution in [1.82, 2.24) is 4.98 Å². The summed E-state index contributed by atoms with van der Waals surface area (Å²) < 4.78 is 1.48. The van der Waals surface area contributed by atoms with Crippen LogP contribution in [-0.2, 0) is 6.54 Å². The molecule has 1 aromatic carbocycles. The van der Waals surface area contributed by atoms with Crippen LogP contribution in [0, 0.1) is 14.9 Å². The molecule has 0 atom stereocenters. The van der Waals surface area contributed by atoms with E-state index in [2.05, 4.69) is 39.0 Å². The largest absolute Gasteiger partial charge is 0.379 e. The molecule has 2 rings (SSSR count). The fourth-order valence-corrected chi connectivity index (χ4v) is 3.10. The molecule has 0 radical (unpaired) electrons. The average Bonchev–Trinajstić information content (AvgIpc) is 2.75. The van der Waals surface area contributed by atoms with Gasteiger partial charge in [0.2, 0.25) is 0 Å². The third-order valence-electron chi connectivity index (χ3n) is 2.16. The Hall–Kier alpha value is -0.550.